The highest BCUT2D eigenvalue weighted by Gasteiger charge is 2.21. The highest BCUT2D eigenvalue weighted by molar-refractivity contribution is 6.34. The number of amides is 1. The summed E-state index contributed by atoms with van der Waals surface area (Å²) in [5.74, 6) is -1.57. The van der Waals surface area contributed by atoms with Crippen LogP contribution in [0.15, 0.2) is 59.3 Å². The number of nitrogens with zero attached hydrogens (tertiary/aromatic N) is 3. The van der Waals surface area contributed by atoms with Gasteiger partial charge < -0.3 is 9.73 Å². The SMILES string of the molecule is O=C(Nc1cncc(-c2nc3ccccc3o2)c1)c1cc([N+](=O)[O-])c(F)cc1Cl. The molecule has 0 radical (unpaired) electrons. The van der Waals surface area contributed by atoms with Crippen molar-refractivity contribution in [2.45, 2.75) is 0 Å². The first kappa shape index (κ1) is 18.5. The zero-order chi connectivity index (χ0) is 20.5. The number of aromatic nitrogens is 2. The molecule has 0 saturated carbocycles. The van der Waals surface area contributed by atoms with Crippen LogP contribution in [0, 0.1) is 15.9 Å². The first-order chi connectivity index (χ1) is 13.9. The van der Waals surface area contributed by atoms with Gasteiger partial charge in [0.1, 0.15) is 5.52 Å². The van der Waals surface area contributed by atoms with E-state index < -0.39 is 22.3 Å². The van der Waals surface area contributed by atoms with Gasteiger partial charge in [-0.1, -0.05) is 23.7 Å². The Kier molecular flexibility index (Phi) is 4.65. The van der Waals surface area contributed by atoms with E-state index in [4.69, 9.17) is 16.0 Å². The number of para-hydroxylation sites is 2. The molecule has 144 valence electrons. The van der Waals surface area contributed by atoms with Crippen molar-refractivity contribution in [1.29, 1.82) is 0 Å². The third-order valence-corrected chi connectivity index (χ3v) is 4.33. The Morgan fingerprint density at radius 2 is 2.00 bits per heavy atom. The van der Waals surface area contributed by atoms with E-state index in [0.29, 0.717) is 22.6 Å². The Labute approximate surface area is 167 Å². The summed E-state index contributed by atoms with van der Waals surface area (Å²) in [6.07, 6.45) is 2.88. The molecular formula is C19H10ClFN4O4. The minimum Gasteiger partial charge on any atom is -0.436 e. The van der Waals surface area contributed by atoms with Crippen molar-refractivity contribution in [2.75, 3.05) is 5.32 Å². The predicted octanol–water partition coefficient (Wildman–Crippen LogP) is 4.84. The quantitative estimate of drug-likeness (QED) is 0.379. The maximum atomic E-state index is 13.6. The largest absolute Gasteiger partial charge is 0.436 e. The molecule has 10 heteroatoms. The Hall–Kier alpha value is -3.85. The molecule has 2 aromatic carbocycles. The van der Waals surface area contributed by atoms with Crippen LogP contribution in [0.25, 0.3) is 22.6 Å². The summed E-state index contributed by atoms with van der Waals surface area (Å²) in [4.78, 5) is 30.9. The Balaban J connectivity index is 1.64. The lowest BCUT2D eigenvalue weighted by molar-refractivity contribution is -0.387. The van der Waals surface area contributed by atoms with Crippen LogP contribution < -0.4 is 5.32 Å². The van der Waals surface area contributed by atoms with Crippen LogP contribution in [-0.4, -0.2) is 20.8 Å². The third kappa shape index (κ3) is 3.63. The van der Waals surface area contributed by atoms with Crippen LogP contribution in [0.3, 0.4) is 0 Å². The second kappa shape index (κ2) is 7.28. The van der Waals surface area contributed by atoms with Crippen molar-refractivity contribution in [3.05, 3.63) is 81.4 Å². The smallest absolute Gasteiger partial charge is 0.305 e. The van der Waals surface area contributed by atoms with Crippen molar-refractivity contribution >= 4 is 40.0 Å². The van der Waals surface area contributed by atoms with E-state index in [0.717, 1.165) is 12.1 Å². The van der Waals surface area contributed by atoms with Crippen molar-refractivity contribution in [1.82, 2.24) is 9.97 Å². The first-order valence-electron chi connectivity index (χ1n) is 8.18. The summed E-state index contributed by atoms with van der Waals surface area (Å²) in [5, 5.41) is 13.2. The monoisotopic (exact) mass is 412 g/mol. The molecule has 0 aliphatic heterocycles. The molecular weight excluding hydrogens is 403 g/mol. The number of carbonyl (C=O) groups is 1. The summed E-state index contributed by atoms with van der Waals surface area (Å²) in [5.41, 5.74) is 0.961. The minimum absolute atomic E-state index is 0.243. The zero-order valence-electron chi connectivity index (χ0n) is 14.4. The second-order valence-corrected chi connectivity index (χ2v) is 6.35. The molecule has 0 saturated heterocycles. The molecule has 4 rings (SSSR count). The molecule has 0 bridgehead atoms. The first-order valence-corrected chi connectivity index (χ1v) is 8.56. The van der Waals surface area contributed by atoms with Gasteiger partial charge in [-0.2, -0.15) is 4.39 Å². The van der Waals surface area contributed by atoms with Gasteiger partial charge in [0.25, 0.3) is 5.91 Å². The number of nitrogens with one attached hydrogen (secondary N) is 1. The third-order valence-electron chi connectivity index (χ3n) is 4.01. The lowest BCUT2D eigenvalue weighted by Crippen LogP contribution is -2.13. The van der Waals surface area contributed by atoms with Crippen molar-refractivity contribution in [3.63, 3.8) is 0 Å². The number of hydrogen-bond acceptors (Lipinski definition) is 6. The van der Waals surface area contributed by atoms with E-state index in [9.17, 15) is 19.3 Å². The number of nitro benzene ring substituents is 1. The number of carbonyl (C=O) groups excluding carboxylic acids is 1. The molecule has 8 nitrogen and oxygen atoms in total. The van der Waals surface area contributed by atoms with Gasteiger partial charge in [0, 0.05) is 18.3 Å². The number of pyridine rings is 1. The standard InChI is InChI=1S/C19H10ClFN4O4/c20-13-7-14(21)16(25(27)28)6-12(13)18(26)23-11-5-10(8-22-9-11)19-24-15-3-1-2-4-17(15)29-19/h1-9H,(H,23,26). The van der Waals surface area contributed by atoms with Gasteiger partial charge in [0.05, 0.1) is 33.0 Å². The lowest BCUT2D eigenvalue weighted by Gasteiger charge is -2.07. The van der Waals surface area contributed by atoms with Crippen LogP contribution in [0.4, 0.5) is 15.8 Å². The molecule has 0 spiro atoms. The number of hydrogen-bond donors (Lipinski definition) is 1. The normalized spacial score (nSPS) is 10.8. The van der Waals surface area contributed by atoms with Gasteiger partial charge in [0.2, 0.25) is 11.7 Å². The van der Waals surface area contributed by atoms with E-state index in [2.05, 4.69) is 15.3 Å². The van der Waals surface area contributed by atoms with E-state index in [1.54, 1.807) is 18.2 Å². The van der Waals surface area contributed by atoms with Gasteiger partial charge >= 0.3 is 5.69 Å². The van der Waals surface area contributed by atoms with E-state index in [1.165, 1.54) is 12.4 Å². The van der Waals surface area contributed by atoms with E-state index in [1.807, 2.05) is 12.1 Å². The average molecular weight is 413 g/mol. The van der Waals surface area contributed by atoms with Crippen LogP contribution in [-0.2, 0) is 0 Å². The predicted molar refractivity (Wildman–Crippen MR) is 103 cm³/mol. The fraction of sp³-hybridized carbons (Fsp3) is 0. The molecule has 1 amide bonds. The summed E-state index contributed by atoms with van der Waals surface area (Å²) in [6.45, 7) is 0. The highest BCUT2D eigenvalue weighted by Crippen LogP contribution is 2.28. The molecule has 0 atom stereocenters. The number of rotatable bonds is 4. The van der Waals surface area contributed by atoms with Gasteiger partial charge in [-0.05, 0) is 18.2 Å². The molecule has 29 heavy (non-hydrogen) atoms. The van der Waals surface area contributed by atoms with Crippen LogP contribution in [0.5, 0.6) is 0 Å². The van der Waals surface area contributed by atoms with Crippen LogP contribution in [0.1, 0.15) is 10.4 Å². The molecule has 2 aromatic heterocycles. The topological polar surface area (TPSA) is 111 Å². The lowest BCUT2D eigenvalue weighted by atomic mass is 10.1. The fourth-order valence-corrected chi connectivity index (χ4v) is 2.91. The molecule has 0 unspecified atom stereocenters. The van der Waals surface area contributed by atoms with Crippen LogP contribution >= 0.6 is 11.6 Å². The highest BCUT2D eigenvalue weighted by atomic mass is 35.5. The van der Waals surface area contributed by atoms with E-state index in [-0.39, 0.29) is 16.3 Å². The molecule has 4 aromatic rings. The van der Waals surface area contributed by atoms with Crippen LogP contribution in [0.2, 0.25) is 5.02 Å². The molecule has 2 heterocycles. The van der Waals surface area contributed by atoms with Crippen molar-refractivity contribution in [3.8, 4) is 11.5 Å². The number of anilines is 1. The second-order valence-electron chi connectivity index (χ2n) is 5.94. The maximum Gasteiger partial charge on any atom is 0.305 e. The van der Waals surface area contributed by atoms with Crippen molar-refractivity contribution in [2.24, 2.45) is 0 Å². The molecule has 0 aliphatic carbocycles. The summed E-state index contributed by atoms with van der Waals surface area (Å²) >= 11 is 5.88. The number of fused-ring (bicyclic) bond motifs is 1. The summed E-state index contributed by atoms with van der Waals surface area (Å²) in [6, 6.07) is 10.3. The van der Waals surface area contributed by atoms with E-state index >= 15 is 0 Å². The number of nitro groups is 1. The minimum atomic E-state index is -1.13. The van der Waals surface area contributed by atoms with Gasteiger partial charge in [-0.15, -0.1) is 0 Å². The van der Waals surface area contributed by atoms with Gasteiger partial charge in [0.15, 0.2) is 5.58 Å². The average Bonchev–Trinajstić information content (AvgIpc) is 3.12. The zero-order valence-corrected chi connectivity index (χ0v) is 15.2. The number of halogens is 2. The molecule has 0 aliphatic rings. The Bertz CT molecular complexity index is 1240. The molecule has 0 fully saturated rings. The van der Waals surface area contributed by atoms with Gasteiger partial charge in [-0.3, -0.25) is 19.9 Å². The van der Waals surface area contributed by atoms with Crippen molar-refractivity contribution < 1.29 is 18.5 Å². The Morgan fingerprint density at radius 1 is 1.21 bits per heavy atom. The summed E-state index contributed by atoms with van der Waals surface area (Å²) in [7, 11) is 0. The summed E-state index contributed by atoms with van der Waals surface area (Å²) < 4.78 is 19.3. The van der Waals surface area contributed by atoms with Gasteiger partial charge in [-0.25, -0.2) is 4.98 Å². The Morgan fingerprint density at radius 3 is 2.76 bits per heavy atom. The molecule has 1 N–H and O–H groups in total. The fourth-order valence-electron chi connectivity index (χ4n) is 2.67. The maximum absolute atomic E-state index is 13.6. The number of oxazole rings is 1. The number of benzene rings is 2.